The van der Waals surface area contributed by atoms with E-state index in [1.807, 2.05) is 4.90 Å². The molecule has 1 unspecified atom stereocenters. The van der Waals surface area contributed by atoms with Crippen molar-refractivity contribution in [3.05, 3.63) is 29.8 Å². The van der Waals surface area contributed by atoms with Crippen LogP contribution in [0.1, 0.15) is 25.8 Å². The summed E-state index contributed by atoms with van der Waals surface area (Å²) in [6, 6.07) is 9.19. The van der Waals surface area contributed by atoms with Crippen LogP contribution in [0.4, 0.5) is 5.69 Å². The van der Waals surface area contributed by atoms with E-state index in [0.717, 1.165) is 71.3 Å². The highest BCUT2D eigenvalue weighted by atomic mass is 16.2. The lowest BCUT2D eigenvalue weighted by Gasteiger charge is -2.33. The summed E-state index contributed by atoms with van der Waals surface area (Å²) in [5.41, 5.74) is 2.60. The monoisotopic (exact) mass is 400 g/mol. The van der Waals surface area contributed by atoms with Gasteiger partial charge in [-0.25, -0.2) is 0 Å². The van der Waals surface area contributed by atoms with Crippen molar-refractivity contribution in [1.82, 2.24) is 20.4 Å². The second kappa shape index (κ2) is 10.5. The zero-order chi connectivity index (χ0) is 20.6. The molecule has 1 amide bonds. The second-order valence-corrected chi connectivity index (χ2v) is 8.02. The highest BCUT2D eigenvalue weighted by molar-refractivity contribution is 5.80. The molecule has 2 N–H and O–H groups in total. The molecule has 1 atom stereocenters. The lowest BCUT2D eigenvalue weighted by Crippen LogP contribution is -2.49. The molecule has 3 rings (SSSR count). The molecule has 160 valence electrons. The maximum Gasteiger partial charge on any atom is 0.219 e. The summed E-state index contributed by atoms with van der Waals surface area (Å²) in [5, 5.41) is 6.99. The number of hydrogen-bond acceptors (Lipinski definition) is 4. The second-order valence-electron chi connectivity index (χ2n) is 8.02. The highest BCUT2D eigenvalue weighted by Gasteiger charge is 2.23. The molecule has 0 aliphatic carbocycles. The van der Waals surface area contributed by atoms with Crippen LogP contribution in [-0.4, -0.2) is 86.6 Å². The van der Waals surface area contributed by atoms with Crippen molar-refractivity contribution in [2.75, 3.05) is 63.8 Å². The SMILES string of the molecule is CCNC(=NCCN1CCN(C(C)=O)CC1)NC1CCN(c2ccc(C)cc2)C1. The summed E-state index contributed by atoms with van der Waals surface area (Å²) in [6.45, 7) is 14.0. The van der Waals surface area contributed by atoms with Crippen LogP contribution in [0.15, 0.2) is 29.3 Å². The maximum atomic E-state index is 11.4. The van der Waals surface area contributed by atoms with Crippen molar-refractivity contribution >= 4 is 17.6 Å². The summed E-state index contributed by atoms with van der Waals surface area (Å²) in [4.78, 5) is 23.0. The van der Waals surface area contributed by atoms with Crippen LogP contribution in [0.5, 0.6) is 0 Å². The van der Waals surface area contributed by atoms with Gasteiger partial charge in [0.05, 0.1) is 6.54 Å². The van der Waals surface area contributed by atoms with E-state index >= 15 is 0 Å². The molecule has 2 saturated heterocycles. The first-order valence-corrected chi connectivity index (χ1v) is 10.9. The number of rotatable bonds is 6. The Balaban J connectivity index is 1.45. The standard InChI is InChI=1S/C22H36N6O/c1-4-23-22(24-10-12-26-13-15-27(16-14-26)19(3)29)25-20-9-11-28(17-20)21-7-5-18(2)6-8-21/h5-8,20H,4,9-17H2,1-3H3,(H2,23,24,25). The first-order chi connectivity index (χ1) is 14.0. The Morgan fingerprint density at radius 2 is 1.86 bits per heavy atom. The number of nitrogens with zero attached hydrogens (tertiary/aromatic N) is 4. The van der Waals surface area contributed by atoms with Crippen molar-refractivity contribution in [1.29, 1.82) is 0 Å². The van der Waals surface area contributed by atoms with Gasteiger partial charge >= 0.3 is 0 Å². The lowest BCUT2D eigenvalue weighted by molar-refractivity contribution is -0.130. The molecular weight excluding hydrogens is 364 g/mol. The molecule has 2 aliphatic heterocycles. The van der Waals surface area contributed by atoms with Crippen LogP contribution in [0, 0.1) is 6.92 Å². The summed E-state index contributed by atoms with van der Waals surface area (Å²) in [7, 11) is 0. The van der Waals surface area contributed by atoms with E-state index in [9.17, 15) is 4.79 Å². The molecule has 2 heterocycles. The van der Waals surface area contributed by atoms with Gasteiger partial charge in [0.2, 0.25) is 5.91 Å². The summed E-state index contributed by atoms with van der Waals surface area (Å²) in [6.07, 6.45) is 1.12. The van der Waals surface area contributed by atoms with Crippen LogP contribution in [0.25, 0.3) is 0 Å². The molecule has 0 saturated carbocycles. The number of nitrogens with one attached hydrogen (secondary N) is 2. The minimum Gasteiger partial charge on any atom is -0.369 e. The van der Waals surface area contributed by atoms with Crippen molar-refractivity contribution < 1.29 is 4.79 Å². The molecule has 7 nitrogen and oxygen atoms in total. The van der Waals surface area contributed by atoms with Crippen molar-refractivity contribution in [3.63, 3.8) is 0 Å². The van der Waals surface area contributed by atoms with Gasteiger partial charge in [-0.2, -0.15) is 0 Å². The number of amides is 1. The highest BCUT2D eigenvalue weighted by Crippen LogP contribution is 2.20. The van der Waals surface area contributed by atoms with Gasteiger partial charge in [-0.05, 0) is 32.4 Å². The van der Waals surface area contributed by atoms with Crippen LogP contribution in [0.3, 0.4) is 0 Å². The molecule has 2 fully saturated rings. The lowest BCUT2D eigenvalue weighted by atomic mass is 10.2. The Morgan fingerprint density at radius 1 is 1.14 bits per heavy atom. The van der Waals surface area contributed by atoms with Gasteiger partial charge in [0.1, 0.15) is 0 Å². The average molecular weight is 401 g/mol. The number of guanidine groups is 1. The molecule has 29 heavy (non-hydrogen) atoms. The maximum absolute atomic E-state index is 11.4. The zero-order valence-corrected chi connectivity index (χ0v) is 18.2. The molecule has 0 aromatic heterocycles. The number of carbonyl (C=O) groups is 1. The van der Waals surface area contributed by atoms with Gasteiger partial charge in [0.15, 0.2) is 5.96 Å². The molecular formula is C22H36N6O. The number of piperazine rings is 1. The Kier molecular flexibility index (Phi) is 7.75. The van der Waals surface area contributed by atoms with Crippen molar-refractivity contribution in [2.45, 2.75) is 33.2 Å². The van der Waals surface area contributed by atoms with Crippen LogP contribution in [-0.2, 0) is 4.79 Å². The summed E-state index contributed by atoms with van der Waals surface area (Å²) < 4.78 is 0. The molecule has 2 aliphatic rings. The largest absolute Gasteiger partial charge is 0.369 e. The molecule has 0 radical (unpaired) electrons. The Bertz CT molecular complexity index is 681. The smallest absolute Gasteiger partial charge is 0.219 e. The van der Waals surface area contributed by atoms with E-state index in [0.29, 0.717) is 6.04 Å². The number of anilines is 1. The predicted molar refractivity (Wildman–Crippen MR) is 120 cm³/mol. The van der Waals surface area contributed by atoms with Crippen LogP contribution in [0.2, 0.25) is 0 Å². The summed E-state index contributed by atoms with van der Waals surface area (Å²) in [5.74, 6) is 1.09. The van der Waals surface area contributed by atoms with Gasteiger partial charge in [-0.3, -0.25) is 14.7 Å². The summed E-state index contributed by atoms with van der Waals surface area (Å²) >= 11 is 0. The first kappa shape index (κ1) is 21.4. The fraction of sp³-hybridized carbons (Fsp3) is 0.636. The van der Waals surface area contributed by atoms with Gasteiger partial charge in [0, 0.05) is 71.0 Å². The third-order valence-electron chi connectivity index (χ3n) is 5.78. The number of aliphatic imine (C=N–C) groups is 1. The van der Waals surface area contributed by atoms with E-state index in [-0.39, 0.29) is 5.91 Å². The number of hydrogen-bond donors (Lipinski definition) is 2. The van der Waals surface area contributed by atoms with Gasteiger partial charge in [-0.15, -0.1) is 0 Å². The predicted octanol–water partition coefficient (Wildman–Crippen LogP) is 1.29. The molecule has 1 aromatic carbocycles. The van der Waals surface area contributed by atoms with Crippen molar-refractivity contribution in [3.8, 4) is 0 Å². The Hall–Kier alpha value is -2.28. The Morgan fingerprint density at radius 3 is 2.52 bits per heavy atom. The van der Waals surface area contributed by atoms with E-state index in [1.165, 1.54) is 11.3 Å². The molecule has 1 aromatic rings. The Labute approximate surface area is 175 Å². The average Bonchev–Trinajstić information content (AvgIpc) is 3.17. The minimum atomic E-state index is 0.178. The van der Waals surface area contributed by atoms with E-state index in [2.05, 4.69) is 58.5 Å². The zero-order valence-electron chi connectivity index (χ0n) is 18.2. The number of aryl methyl sites for hydroxylation is 1. The molecule has 7 heteroatoms. The van der Waals surface area contributed by atoms with E-state index in [4.69, 9.17) is 4.99 Å². The van der Waals surface area contributed by atoms with Gasteiger partial charge in [0.25, 0.3) is 0 Å². The quantitative estimate of drug-likeness (QED) is 0.557. The van der Waals surface area contributed by atoms with Crippen molar-refractivity contribution in [2.24, 2.45) is 4.99 Å². The van der Waals surface area contributed by atoms with E-state index < -0.39 is 0 Å². The fourth-order valence-electron chi connectivity index (χ4n) is 3.97. The third kappa shape index (κ3) is 6.35. The topological polar surface area (TPSA) is 63.2 Å². The molecule has 0 spiro atoms. The number of benzene rings is 1. The normalized spacial score (nSPS) is 20.8. The third-order valence-corrected chi connectivity index (χ3v) is 5.78. The number of carbonyl (C=O) groups excluding carboxylic acids is 1. The van der Waals surface area contributed by atoms with Crippen LogP contribution >= 0.6 is 0 Å². The molecule has 0 bridgehead atoms. The fourth-order valence-corrected chi connectivity index (χ4v) is 3.97. The minimum absolute atomic E-state index is 0.178. The van der Waals surface area contributed by atoms with E-state index in [1.54, 1.807) is 6.92 Å². The van der Waals surface area contributed by atoms with Crippen LogP contribution < -0.4 is 15.5 Å². The van der Waals surface area contributed by atoms with Gasteiger partial charge in [-0.1, -0.05) is 17.7 Å². The van der Waals surface area contributed by atoms with Gasteiger partial charge < -0.3 is 20.4 Å². The first-order valence-electron chi connectivity index (χ1n) is 10.9.